The van der Waals surface area contributed by atoms with Gasteiger partial charge in [0.1, 0.15) is 5.75 Å². The van der Waals surface area contributed by atoms with E-state index in [2.05, 4.69) is 25.1 Å². The van der Waals surface area contributed by atoms with E-state index in [0.29, 0.717) is 12.2 Å². The molecule has 25 heavy (non-hydrogen) atoms. The topological polar surface area (TPSA) is 26.3 Å². The molecule has 1 aliphatic carbocycles. The lowest BCUT2D eigenvalue weighted by Gasteiger charge is -2.24. The minimum absolute atomic E-state index is 0.161. The van der Waals surface area contributed by atoms with Crippen LogP contribution in [0.2, 0.25) is 0 Å². The summed E-state index contributed by atoms with van der Waals surface area (Å²) in [6.45, 7) is 4.26. The molecule has 0 spiro atoms. The zero-order valence-corrected chi connectivity index (χ0v) is 15.4. The van der Waals surface area contributed by atoms with Crippen LogP contribution < -0.4 is 4.74 Å². The van der Waals surface area contributed by atoms with Crippen molar-refractivity contribution in [3.05, 3.63) is 53.6 Å². The number of hydrogen-bond acceptors (Lipinski definition) is 2. The van der Waals surface area contributed by atoms with Gasteiger partial charge in [0, 0.05) is 6.42 Å². The van der Waals surface area contributed by atoms with Crippen LogP contribution in [0, 0.1) is 5.92 Å². The molecule has 1 aliphatic rings. The van der Waals surface area contributed by atoms with Gasteiger partial charge in [-0.2, -0.15) is 0 Å². The zero-order valence-electron chi connectivity index (χ0n) is 15.4. The Kier molecular flexibility index (Phi) is 5.91. The Morgan fingerprint density at radius 1 is 1.00 bits per heavy atom. The number of esters is 1. The fourth-order valence-corrected chi connectivity index (χ4v) is 3.77. The monoisotopic (exact) mass is 336 g/mol. The van der Waals surface area contributed by atoms with E-state index in [1.54, 1.807) is 0 Å². The Labute approximate surface area is 151 Å². The summed E-state index contributed by atoms with van der Waals surface area (Å²) < 4.78 is 5.33. The number of hydrogen-bond donors (Lipinski definition) is 0. The maximum atomic E-state index is 11.6. The first-order valence-electron chi connectivity index (χ1n) is 9.62. The highest BCUT2D eigenvalue weighted by Crippen LogP contribution is 2.32. The summed E-state index contributed by atoms with van der Waals surface area (Å²) in [6, 6.07) is 14.7. The number of aryl methyl sites for hydroxylation is 1. The summed E-state index contributed by atoms with van der Waals surface area (Å²) in [5.74, 6) is 1.33. The highest BCUT2D eigenvalue weighted by molar-refractivity contribution is 5.73. The predicted molar refractivity (Wildman–Crippen MR) is 103 cm³/mol. The van der Waals surface area contributed by atoms with Gasteiger partial charge in [-0.05, 0) is 66.0 Å². The van der Waals surface area contributed by atoms with Crippen molar-refractivity contribution in [1.82, 2.24) is 0 Å². The van der Waals surface area contributed by atoms with Crippen molar-refractivity contribution in [2.75, 3.05) is 0 Å². The molecule has 0 amide bonds. The lowest BCUT2D eigenvalue weighted by atomic mass is 9.81. The molecule has 2 aromatic rings. The van der Waals surface area contributed by atoms with Gasteiger partial charge in [-0.1, -0.05) is 57.0 Å². The molecule has 0 saturated heterocycles. The maximum absolute atomic E-state index is 11.6. The molecular weight excluding hydrogens is 308 g/mol. The quantitative estimate of drug-likeness (QED) is 0.480. The highest BCUT2D eigenvalue weighted by Gasteiger charge is 2.18. The fraction of sp³-hybridized carbons (Fsp3) is 0.435. The van der Waals surface area contributed by atoms with E-state index in [1.165, 1.54) is 54.4 Å². The van der Waals surface area contributed by atoms with Crippen molar-refractivity contribution in [2.24, 2.45) is 5.92 Å². The molecule has 0 bridgehead atoms. The van der Waals surface area contributed by atoms with Gasteiger partial charge in [-0.3, -0.25) is 4.79 Å². The summed E-state index contributed by atoms with van der Waals surface area (Å²) in [4.78, 5) is 11.6. The second-order valence-corrected chi connectivity index (χ2v) is 7.13. The van der Waals surface area contributed by atoms with Crippen molar-refractivity contribution in [3.8, 4) is 16.9 Å². The zero-order chi connectivity index (χ0) is 17.6. The predicted octanol–water partition coefficient (Wildman–Crippen LogP) is 5.96. The van der Waals surface area contributed by atoms with Crippen LogP contribution in [-0.4, -0.2) is 5.97 Å². The van der Waals surface area contributed by atoms with Crippen LogP contribution in [-0.2, 0) is 17.6 Å². The molecule has 2 heteroatoms. The van der Waals surface area contributed by atoms with E-state index >= 15 is 0 Å². The van der Waals surface area contributed by atoms with Crippen LogP contribution in [0.1, 0.15) is 57.1 Å². The minimum atomic E-state index is -0.161. The Bertz CT molecular complexity index is 715. The average molecular weight is 336 g/mol. The normalized spacial score (nSPS) is 16.3. The third kappa shape index (κ3) is 4.50. The third-order valence-electron chi connectivity index (χ3n) is 5.11. The molecular formula is C23H28O2. The van der Waals surface area contributed by atoms with Gasteiger partial charge in [-0.25, -0.2) is 0 Å². The van der Waals surface area contributed by atoms with Crippen LogP contribution >= 0.6 is 0 Å². The number of carbonyl (C=O) groups is 1. The summed E-state index contributed by atoms with van der Waals surface area (Å²) in [5, 5.41) is 0. The number of rotatable bonds is 6. The van der Waals surface area contributed by atoms with Crippen molar-refractivity contribution in [3.63, 3.8) is 0 Å². The first kappa shape index (κ1) is 17.7. The maximum Gasteiger partial charge on any atom is 0.311 e. The number of fused-ring (bicyclic) bond motifs is 1. The summed E-state index contributed by atoms with van der Waals surface area (Å²) in [6.07, 6.45) is 7.65. The summed E-state index contributed by atoms with van der Waals surface area (Å²) in [7, 11) is 0. The first-order valence-corrected chi connectivity index (χ1v) is 9.62. The molecule has 0 aromatic heterocycles. The van der Waals surface area contributed by atoms with Crippen LogP contribution in [0.5, 0.6) is 5.75 Å². The third-order valence-corrected chi connectivity index (χ3v) is 5.11. The number of carbonyl (C=O) groups excluding carboxylic acids is 1. The molecule has 0 radical (unpaired) electrons. The Balaban J connectivity index is 1.71. The molecule has 2 aromatic carbocycles. The Morgan fingerprint density at radius 3 is 2.48 bits per heavy atom. The molecule has 0 saturated carbocycles. The van der Waals surface area contributed by atoms with Crippen LogP contribution in [0.25, 0.3) is 11.1 Å². The molecule has 1 unspecified atom stereocenters. The molecule has 0 N–H and O–H groups in total. The Hall–Kier alpha value is -2.09. The van der Waals surface area contributed by atoms with Gasteiger partial charge in [0.25, 0.3) is 0 Å². The molecule has 2 nitrogen and oxygen atoms in total. The molecule has 0 fully saturated rings. The van der Waals surface area contributed by atoms with Crippen LogP contribution in [0.4, 0.5) is 0 Å². The van der Waals surface area contributed by atoms with E-state index in [-0.39, 0.29) is 5.97 Å². The molecule has 132 valence electrons. The van der Waals surface area contributed by atoms with E-state index in [1.807, 2.05) is 31.2 Å². The smallest absolute Gasteiger partial charge is 0.311 e. The van der Waals surface area contributed by atoms with E-state index in [4.69, 9.17) is 4.74 Å². The van der Waals surface area contributed by atoms with Gasteiger partial charge in [-0.15, -0.1) is 0 Å². The SMILES string of the molecule is CCCC(=O)Oc1ccc(-c2ccc3c(c2)CCC(CCC)C3)cc1. The average Bonchev–Trinajstić information content (AvgIpc) is 2.62. The standard InChI is InChI=1S/C23H28O2/c1-3-5-17-7-8-21-16-20(10-9-19(21)15-17)18-11-13-22(14-12-18)25-23(24)6-4-2/h9-14,16-17H,3-8,15H2,1-2H3. The van der Waals surface area contributed by atoms with Gasteiger partial charge >= 0.3 is 5.97 Å². The molecule has 0 heterocycles. The van der Waals surface area contributed by atoms with Crippen LogP contribution in [0.3, 0.4) is 0 Å². The molecule has 1 atom stereocenters. The van der Waals surface area contributed by atoms with Crippen LogP contribution in [0.15, 0.2) is 42.5 Å². The second-order valence-electron chi connectivity index (χ2n) is 7.13. The summed E-state index contributed by atoms with van der Waals surface area (Å²) in [5.41, 5.74) is 5.45. The molecule has 0 aliphatic heterocycles. The second kappa shape index (κ2) is 8.33. The lowest BCUT2D eigenvalue weighted by molar-refractivity contribution is -0.134. The minimum Gasteiger partial charge on any atom is -0.427 e. The van der Waals surface area contributed by atoms with Gasteiger partial charge in [0.2, 0.25) is 0 Å². The van der Waals surface area contributed by atoms with Crippen molar-refractivity contribution >= 4 is 5.97 Å². The van der Waals surface area contributed by atoms with Gasteiger partial charge in [0.05, 0.1) is 0 Å². The van der Waals surface area contributed by atoms with Gasteiger partial charge in [0.15, 0.2) is 0 Å². The highest BCUT2D eigenvalue weighted by atomic mass is 16.5. The lowest BCUT2D eigenvalue weighted by Crippen LogP contribution is -2.14. The van der Waals surface area contributed by atoms with Gasteiger partial charge < -0.3 is 4.74 Å². The van der Waals surface area contributed by atoms with E-state index < -0.39 is 0 Å². The summed E-state index contributed by atoms with van der Waals surface area (Å²) >= 11 is 0. The van der Waals surface area contributed by atoms with E-state index in [9.17, 15) is 4.79 Å². The van der Waals surface area contributed by atoms with Crippen molar-refractivity contribution in [1.29, 1.82) is 0 Å². The van der Waals surface area contributed by atoms with Crippen molar-refractivity contribution < 1.29 is 9.53 Å². The fourth-order valence-electron chi connectivity index (χ4n) is 3.77. The first-order chi connectivity index (χ1) is 12.2. The number of ether oxygens (including phenoxy) is 1. The largest absolute Gasteiger partial charge is 0.427 e. The van der Waals surface area contributed by atoms with Crippen molar-refractivity contribution in [2.45, 2.75) is 58.8 Å². The van der Waals surface area contributed by atoms with E-state index in [0.717, 1.165) is 12.3 Å². The number of benzene rings is 2. The molecule has 3 rings (SSSR count). The Morgan fingerprint density at radius 2 is 1.76 bits per heavy atom.